The van der Waals surface area contributed by atoms with Gasteiger partial charge in [0.05, 0.1) is 25.8 Å². The average Bonchev–Trinajstić information content (AvgIpc) is 3.22. The van der Waals surface area contributed by atoms with Crippen LogP contribution < -0.4 is 18.9 Å². The summed E-state index contributed by atoms with van der Waals surface area (Å²) in [5, 5.41) is 0. The third-order valence-electron chi connectivity index (χ3n) is 5.10. The lowest BCUT2D eigenvalue weighted by Gasteiger charge is -2.27. The molecule has 0 saturated carbocycles. The Morgan fingerprint density at radius 2 is 1.85 bits per heavy atom. The second-order valence-electron chi connectivity index (χ2n) is 6.63. The van der Waals surface area contributed by atoms with Crippen LogP contribution in [0.25, 0.3) is 0 Å². The van der Waals surface area contributed by atoms with Crippen molar-refractivity contribution in [1.29, 1.82) is 0 Å². The SMILES string of the molecule is COc1ccc(C(=O)N2CCCC2c2ccc3c(c2)OCCO3)c(OC)c1. The van der Waals surface area contributed by atoms with Gasteiger partial charge in [0.15, 0.2) is 11.5 Å². The highest BCUT2D eigenvalue weighted by Crippen LogP contribution is 2.39. The predicted molar refractivity (Wildman–Crippen MR) is 100.0 cm³/mol. The fourth-order valence-corrected chi connectivity index (χ4v) is 3.75. The van der Waals surface area contributed by atoms with E-state index in [1.54, 1.807) is 32.4 Å². The summed E-state index contributed by atoms with van der Waals surface area (Å²) in [5.41, 5.74) is 1.61. The van der Waals surface area contributed by atoms with E-state index in [0.29, 0.717) is 36.8 Å². The Bertz CT molecular complexity index is 850. The van der Waals surface area contributed by atoms with Crippen molar-refractivity contribution in [2.24, 2.45) is 0 Å². The van der Waals surface area contributed by atoms with Crippen LogP contribution in [-0.4, -0.2) is 44.8 Å². The second kappa shape index (κ2) is 7.39. The van der Waals surface area contributed by atoms with Gasteiger partial charge in [0, 0.05) is 12.6 Å². The average molecular weight is 369 g/mol. The van der Waals surface area contributed by atoms with Crippen LogP contribution in [0.3, 0.4) is 0 Å². The largest absolute Gasteiger partial charge is 0.497 e. The first-order valence-electron chi connectivity index (χ1n) is 9.14. The lowest BCUT2D eigenvalue weighted by Crippen LogP contribution is -2.31. The Morgan fingerprint density at radius 1 is 1.04 bits per heavy atom. The number of rotatable bonds is 4. The summed E-state index contributed by atoms with van der Waals surface area (Å²) in [6.07, 6.45) is 1.88. The van der Waals surface area contributed by atoms with Gasteiger partial charge in [0.2, 0.25) is 0 Å². The minimum absolute atomic E-state index is 0.0140. The van der Waals surface area contributed by atoms with E-state index in [-0.39, 0.29) is 11.9 Å². The van der Waals surface area contributed by atoms with Crippen molar-refractivity contribution in [1.82, 2.24) is 4.90 Å². The molecule has 1 amide bonds. The van der Waals surface area contributed by atoms with Crippen LogP contribution in [-0.2, 0) is 0 Å². The molecule has 0 aromatic heterocycles. The summed E-state index contributed by atoms with van der Waals surface area (Å²) in [6.45, 7) is 1.83. The topological polar surface area (TPSA) is 57.2 Å². The molecule has 27 heavy (non-hydrogen) atoms. The van der Waals surface area contributed by atoms with E-state index in [2.05, 4.69) is 0 Å². The highest BCUT2D eigenvalue weighted by molar-refractivity contribution is 5.97. The van der Waals surface area contributed by atoms with Crippen molar-refractivity contribution < 1.29 is 23.7 Å². The number of carbonyl (C=O) groups excluding carboxylic acids is 1. The van der Waals surface area contributed by atoms with Crippen LogP contribution in [0.2, 0.25) is 0 Å². The Labute approximate surface area is 158 Å². The van der Waals surface area contributed by atoms with Gasteiger partial charge in [0.1, 0.15) is 24.7 Å². The highest BCUT2D eigenvalue weighted by atomic mass is 16.6. The van der Waals surface area contributed by atoms with Crippen LogP contribution in [0, 0.1) is 0 Å². The first-order chi connectivity index (χ1) is 13.2. The van der Waals surface area contributed by atoms with Crippen molar-refractivity contribution in [3.63, 3.8) is 0 Å². The molecule has 1 atom stereocenters. The Balaban J connectivity index is 1.62. The molecule has 2 heterocycles. The van der Waals surface area contributed by atoms with Crippen LogP contribution in [0.5, 0.6) is 23.0 Å². The highest BCUT2D eigenvalue weighted by Gasteiger charge is 2.32. The van der Waals surface area contributed by atoms with Crippen molar-refractivity contribution >= 4 is 5.91 Å². The number of fused-ring (bicyclic) bond motifs is 1. The van der Waals surface area contributed by atoms with Crippen LogP contribution >= 0.6 is 0 Å². The summed E-state index contributed by atoms with van der Waals surface area (Å²) >= 11 is 0. The van der Waals surface area contributed by atoms with E-state index in [4.69, 9.17) is 18.9 Å². The van der Waals surface area contributed by atoms with Gasteiger partial charge in [-0.1, -0.05) is 6.07 Å². The summed E-state index contributed by atoms with van der Waals surface area (Å²) in [5.74, 6) is 2.66. The molecular formula is C21H23NO5. The maximum absolute atomic E-state index is 13.2. The minimum Gasteiger partial charge on any atom is -0.497 e. The number of nitrogens with zero attached hydrogens (tertiary/aromatic N) is 1. The number of benzene rings is 2. The van der Waals surface area contributed by atoms with Gasteiger partial charge in [-0.15, -0.1) is 0 Å². The summed E-state index contributed by atoms with van der Waals surface area (Å²) in [4.78, 5) is 15.2. The number of amides is 1. The maximum atomic E-state index is 13.2. The molecule has 1 saturated heterocycles. The van der Waals surface area contributed by atoms with E-state index in [0.717, 1.165) is 29.9 Å². The molecule has 0 N–H and O–H groups in total. The second-order valence-corrected chi connectivity index (χ2v) is 6.63. The molecule has 0 radical (unpaired) electrons. The van der Waals surface area contributed by atoms with E-state index in [1.807, 2.05) is 23.1 Å². The first kappa shape index (κ1) is 17.5. The van der Waals surface area contributed by atoms with Gasteiger partial charge in [-0.2, -0.15) is 0 Å². The summed E-state index contributed by atoms with van der Waals surface area (Å²) in [7, 11) is 3.16. The lowest BCUT2D eigenvalue weighted by molar-refractivity contribution is 0.0731. The molecule has 6 nitrogen and oxygen atoms in total. The summed E-state index contributed by atoms with van der Waals surface area (Å²) in [6, 6.07) is 11.2. The number of carbonyl (C=O) groups is 1. The molecule has 2 aliphatic rings. The first-order valence-corrected chi connectivity index (χ1v) is 9.14. The Morgan fingerprint density at radius 3 is 2.63 bits per heavy atom. The van der Waals surface area contributed by atoms with Gasteiger partial charge in [-0.3, -0.25) is 4.79 Å². The molecule has 0 bridgehead atoms. The van der Waals surface area contributed by atoms with Gasteiger partial charge >= 0.3 is 0 Å². The van der Waals surface area contributed by atoms with E-state index >= 15 is 0 Å². The number of hydrogen-bond donors (Lipinski definition) is 0. The number of methoxy groups -OCH3 is 2. The zero-order valence-electron chi connectivity index (χ0n) is 15.6. The fraction of sp³-hybridized carbons (Fsp3) is 0.381. The molecule has 0 aliphatic carbocycles. The van der Waals surface area contributed by atoms with E-state index < -0.39 is 0 Å². The third kappa shape index (κ3) is 3.27. The standard InChI is InChI=1S/C21H23NO5/c1-24-15-6-7-16(19(13-15)25-2)21(23)22-9-3-4-17(22)14-5-8-18-20(12-14)27-11-10-26-18/h5-8,12-13,17H,3-4,9-11H2,1-2H3. The Kier molecular flexibility index (Phi) is 4.79. The summed E-state index contributed by atoms with van der Waals surface area (Å²) < 4.78 is 22.0. The zero-order valence-corrected chi connectivity index (χ0v) is 15.6. The third-order valence-corrected chi connectivity index (χ3v) is 5.10. The van der Waals surface area contributed by atoms with Crippen LogP contribution in [0.1, 0.15) is 34.8 Å². The van der Waals surface area contributed by atoms with Gasteiger partial charge < -0.3 is 23.8 Å². The van der Waals surface area contributed by atoms with Gasteiger partial charge in [-0.25, -0.2) is 0 Å². The molecule has 1 unspecified atom stereocenters. The number of hydrogen-bond acceptors (Lipinski definition) is 5. The van der Waals surface area contributed by atoms with Gasteiger partial charge in [0.25, 0.3) is 5.91 Å². The monoisotopic (exact) mass is 369 g/mol. The van der Waals surface area contributed by atoms with Gasteiger partial charge in [-0.05, 0) is 42.7 Å². The van der Waals surface area contributed by atoms with Crippen LogP contribution in [0.4, 0.5) is 0 Å². The smallest absolute Gasteiger partial charge is 0.258 e. The molecule has 2 aromatic rings. The van der Waals surface area contributed by atoms with E-state index in [1.165, 1.54) is 0 Å². The number of ether oxygens (including phenoxy) is 4. The normalized spacial score (nSPS) is 18.3. The predicted octanol–water partition coefficient (Wildman–Crippen LogP) is 3.45. The molecule has 142 valence electrons. The maximum Gasteiger partial charge on any atom is 0.258 e. The zero-order chi connectivity index (χ0) is 18.8. The van der Waals surface area contributed by atoms with Crippen molar-refractivity contribution in [2.45, 2.75) is 18.9 Å². The van der Waals surface area contributed by atoms with Crippen LogP contribution in [0.15, 0.2) is 36.4 Å². The number of likely N-dealkylation sites (tertiary alicyclic amines) is 1. The molecule has 0 spiro atoms. The molecule has 2 aliphatic heterocycles. The van der Waals surface area contributed by atoms with Crippen molar-refractivity contribution in [3.05, 3.63) is 47.5 Å². The fourth-order valence-electron chi connectivity index (χ4n) is 3.75. The Hall–Kier alpha value is -2.89. The molecular weight excluding hydrogens is 346 g/mol. The molecule has 6 heteroatoms. The quantitative estimate of drug-likeness (QED) is 0.826. The van der Waals surface area contributed by atoms with Crippen molar-refractivity contribution in [2.75, 3.05) is 34.0 Å². The van der Waals surface area contributed by atoms with Crippen molar-refractivity contribution in [3.8, 4) is 23.0 Å². The molecule has 4 rings (SSSR count). The van der Waals surface area contributed by atoms with E-state index in [9.17, 15) is 4.79 Å². The minimum atomic E-state index is -0.0353. The lowest BCUT2D eigenvalue weighted by atomic mass is 10.0. The molecule has 1 fully saturated rings. The molecule has 2 aromatic carbocycles.